The standard InChI is InChI=1S/2C15H22N2O4S/c2*1-5-8-15(9-7-10(3)4)11(18)16-13(22)17(12(15)19)14(20)21-6-2/h2*5,10H,1,6-9H2,2-4H3,(H,16,18,22). The molecule has 2 N–H and O–H groups in total. The Bertz CT molecular complexity index is 1100. The van der Waals surface area contributed by atoms with Crippen molar-refractivity contribution >= 4 is 70.5 Å². The minimum absolute atomic E-state index is 0.111. The van der Waals surface area contributed by atoms with Gasteiger partial charge in [0.2, 0.25) is 11.8 Å². The predicted octanol–water partition coefficient (Wildman–Crippen LogP) is 4.77. The maximum atomic E-state index is 12.8. The van der Waals surface area contributed by atoms with Crippen molar-refractivity contribution in [2.24, 2.45) is 22.7 Å². The van der Waals surface area contributed by atoms with Crippen LogP contribution in [0.5, 0.6) is 0 Å². The van der Waals surface area contributed by atoms with Gasteiger partial charge in [-0.15, -0.1) is 13.2 Å². The van der Waals surface area contributed by atoms with Gasteiger partial charge in [-0.05, 0) is 88.6 Å². The molecule has 0 aromatic heterocycles. The van der Waals surface area contributed by atoms with Gasteiger partial charge in [0.25, 0.3) is 11.8 Å². The van der Waals surface area contributed by atoms with Gasteiger partial charge in [-0.3, -0.25) is 19.2 Å². The first kappa shape index (κ1) is 38.5. The molecule has 0 aliphatic carbocycles. The van der Waals surface area contributed by atoms with Crippen LogP contribution in [0, 0.1) is 22.7 Å². The zero-order valence-corrected chi connectivity index (χ0v) is 28.0. The zero-order valence-electron chi connectivity index (χ0n) is 26.4. The Kier molecular flexibility index (Phi) is 15.0. The number of hydrogen-bond acceptors (Lipinski definition) is 10. The minimum Gasteiger partial charge on any atom is -0.449 e. The summed E-state index contributed by atoms with van der Waals surface area (Å²) in [6, 6.07) is 0. The number of allylic oxidation sites excluding steroid dienone is 2. The largest absolute Gasteiger partial charge is 0.449 e. The molecule has 44 heavy (non-hydrogen) atoms. The van der Waals surface area contributed by atoms with E-state index in [1.165, 1.54) is 12.2 Å². The van der Waals surface area contributed by atoms with E-state index in [0.29, 0.717) is 37.5 Å². The normalized spacial score (nSPS) is 21.8. The van der Waals surface area contributed by atoms with E-state index in [4.69, 9.17) is 33.9 Å². The number of thiocarbonyl (C=S) groups is 2. The van der Waals surface area contributed by atoms with Crippen molar-refractivity contribution in [2.45, 2.75) is 80.1 Å². The number of carbonyl (C=O) groups is 6. The highest BCUT2D eigenvalue weighted by Gasteiger charge is 2.55. The average molecular weight is 653 g/mol. The van der Waals surface area contributed by atoms with Crippen LogP contribution in [0.4, 0.5) is 9.59 Å². The molecule has 0 radical (unpaired) electrons. The van der Waals surface area contributed by atoms with Gasteiger partial charge in [0.1, 0.15) is 10.8 Å². The molecule has 0 aromatic carbocycles. The number of rotatable bonds is 12. The third-order valence-electron chi connectivity index (χ3n) is 7.12. The molecule has 2 unspecified atom stereocenters. The van der Waals surface area contributed by atoms with Crippen molar-refractivity contribution in [3.05, 3.63) is 25.3 Å². The monoisotopic (exact) mass is 652 g/mol. The van der Waals surface area contributed by atoms with Crippen molar-refractivity contribution in [2.75, 3.05) is 13.2 Å². The van der Waals surface area contributed by atoms with E-state index in [9.17, 15) is 28.8 Å². The minimum atomic E-state index is -1.36. The molecule has 0 aromatic rings. The average Bonchev–Trinajstić information content (AvgIpc) is 2.92. The molecule has 6 amide bonds. The highest BCUT2D eigenvalue weighted by Crippen LogP contribution is 2.37. The topological polar surface area (TPSA) is 151 Å². The number of amides is 6. The summed E-state index contributed by atoms with van der Waals surface area (Å²) < 4.78 is 9.71. The van der Waals surface area contributed by atoms with E-state index in [0.717, 1.165) is 9.80 Å². The fraction of sp³-hybridized carbons (Fsp3) is 0.600. The van der Waals surface area contributed by atoms with Gasteiger partial charge in [0.05, 0.1) is 13.2 Å². The first-order chi connectivity index (χ1) is 20.6. The lowest BCUT2D eigenvalue weighted by molar-refractivity contribution is -0.151. The SMILES string of the molecule is C=CCC1(CCC(C)C)C(=O)NC(=S)N(C(=O)OCC)C1=O.C=CCC1(CCC(C)C)C(=O)NC(=S)N(C(=O)OCC)C1=O. The molecule has 0 saturated carbocycles. The van der Waals surface area contributed by atoms with Crippen LogP contribution in [-0.2, 0) is 28.7 Å². The van der Waals surface area contributed by atoms with Crippen LogP contribution in [0.15, 0.2) is 25.3 Å². The van der Waals surface area contributed by atoms with Crippen molar-refractivity contribution in [1.82, 2.24) is 20.4 Å². The Hall–Kier alpha value is -3.52. The van der Waals surface area contributed by atoms with Crippen LogP contribution < -0.4 is 10.6 Å². The van der Waals surface area contributed by atoms with Gasteiger partial charge >= 0.3 is 12.2 Å². The Balaban J connectivity index is 0.000000440. The Morgan fingerprint density at radius 2 is 1.07 bits per heavy atom. The maximum absolute atomic E-state index is 12.8. The first-order valence-electron chi connectivity index (χ1n) is 14.5. The van der Waals surface area contributed by atoms with Crippen LogP contribution in [0.3, 0.4) is 0 Å². The van der Waals surface area contributed by atoms with Gasteiger partial charge < -0.3 is 20.1 Å². The van der Waals surface area contributed by atoms with Crippen LogP contribution >= 0.6 is 24.4 Å². The van der Waals surface area contributed by atoms with Crippen LogP contribution in [0.25, 0.3) is 0 Å². The van der Waals surface area contributed by atoms with Gasteiger partial charge in [-0.1, -0.05) is 39.8 Å². The summed E-state index contributed by atoms with van der Waals surface area (Å²) in [5.41, 5.74) is -2.72. The van der Waals surface area contributed by atoms with E-state index in [1.807, 2.05) is 27.7 Å². The van der Waals surface area contributed by atoms with E-state index >= 15 is 0 Å². The Morgan fingerprint density at radius 3 is 1.32 bits per heavy atom. The first-order valence-corrected chi connectivity index (χ1v) is 15.4. The quantitative estimate of drug-likeness (QED) is 0.171. The lowest BCUT2D eigenvalue weighted by Gasteiger charge is -2.39. The molecule has 2 heterocycles. The van der Waals surface area contributed by atoms with E-state index < -0.39 is 46.6 Å². The summed E-state index contributed by atoms with van der Waals surface area (Å²) in [6.07, 6.45) is 3.54. The number of nitrogens with one attached hydrogen (secondary N) is 2. The zero-order chi connectivity index (χ0) is 33.8. The van der Waals surface area contributed by atoms with Gasteiger partial charge in [-0.25, -0.2) is 9.59 Å². The second-order valence-corrected chi connectivity index (χ2v) is 12.0. The number of ether oxygens (including phenoxy) is 2. The summed E-state index contributed by atoms with van der Waals surface area (Å²) in [4.78, 5) is 75.9. The summed E-state index contributed by atoms with van der Waals surface area (Å²) in [5.74, 6) is -1.62. The van der Waals surface area contributed by atoms with Gasteiger partial charge in [0, 0.05) is 0 Å². The lowest BCUT2D eigenvalue weighted by atomic mass is 9.75. The highest BCUT2D eigenvalue weighted by molar-refractivity contribution is 7.80. The molecule has 2 saturated heterocycles. The molecule has 2 atom stereocenters. The van der Waals surface area contributed by atoms with Crippen molar-refractivity contribution in [1.29, 1.82) is 0 Å². The molecule has 2 aliphatic heterocycles. The second kappa shape index (κ2) is 17.1. The predicted molar refractivity (Wildman–Crippen MR) is 172 cm³/mol. The van der Waals surface area contributed by atoms with Gasteiger partial charge in [-0.2, -0.15) is 9.80 Å². The van der Waals surface area contributed by atoms with Crippen LogP contribution in [0.2, 0.25) is 0 Å². The summed E-state index contributed by atoms with van der Waals surface area (Å²) in [6.45, 7) is 18.7. The fourth-order valence-corrected chi connectivity index (χ4v) is 5.13. The molecular weight excluding hydrogens is 608 g/mol. The molecule has 14 heteroatoms. The molecule has 2 aliphatic rings. The third-order valence-corrected chi connectivity index (χ3v) is 7.69. The smallest absolute Gasteiger partial charge is 0.423 e. The van der Waals surface area contributed by atoms with E-state index in [1.54, 1.807) is 13.8 Å². The third kappa shape index (κ3) is 8.78. The summed E-state index contributed by atoms with van der Waals surface area (Å²) in [5, 5.41) is 4.42. The second-order valence-electron chi connectivity index (χ2n) is 11.2. The number of hydrogen-bond donors (Lipinski definition) is 2. The fourth-order valence-electron chi connectivity index (χ4n) is 4.63. The van der Waals surface area contributed by atoms with Crippen molar-refractivity contribution in [3.8, 4) is 0 Å². The van der Waals surface area contributed by atoms with E-state index in [-0.39, 0.29) is 36.3 Å². The molecule has 0 bridgehead atoms. The number of nitrogens with zero attached hydrogens (tertiary/aromatic N) is 2. The molecule has 2 rings (SSSR count). The summed E-state index contributed by atoms with van der Waals surface area (Å²) in [7, 11) is 0. The molecule has 2 fully saturated rings. The Labute approximate surface area is 269 Å². The number of imide groups is 2. The number of carbonyl (C=O) groups excluding carboxylic acids is 6. The van der Waals surface area contributed by atoms with Crippen LogP contribution in [-0.4, -0.2) is 69.1 Å². The van der Waals surface area contributed by atoms with Crippen molar-refractivity contribution in [3.63, 3.8) is 0 Å². The summed E-state index contributed by atoms with van der Waals surface area (Å²) >= 11 is 9.88. The van der Waals surface area contributed by atoms with Crippen molar-refractivity contribution < 1.29 is 38.2 Å². The Morgan fingerprint density at radius 1 is 0.750 bits per heavy atom. The molecule has 12 nitrogen and oxygen atoms in total. The molecule has 0 spiro atoms. The van der Waals surface area contributed by atoms with Gasteiger partial charge in [0.15, 0.2) is 10.2 Å². The highest BCUT2D eigenvalue weighted by atomic mass is 32.1. The molecular formula is C30H44N4O8S2. The maximum Gasteiger partial charge on any atom is 0.423 e. The van der Waals surface area contributed by atoms with E-state index in [2.05, 4.69) is 23.8 Å². The lowest BCUT2D eigenvalue weighted by Crippen LogP contribution is -2.65. The molecule has 244 valence electrons. The van der Waals surface area contributed by atoms with Crippen LogP contribution in [0.1, 0.15) is 80.1 Å².